The van der Waals surface area contributed by atoms with E-state index in [0.717, 1.165) is 17.0 Å². The Morgan fingerprint density at radius 1 is 1.50 bits per heavy atom. The normalized spacial score (nSPS) is 9.92. The van der Waals surface area contributed by atoms with Crippen LogP contribution < -0.4 is 10.5 Å². The van der Waals surface area contributed by atoms with Gasteiger partial charge in [0.2, 0.25) is 0 Å². The molecule has 12 heavy (non-hydrogen) atoms. The second-order valence-corrected chi connectivity index (χ2v) is 2.68. The lowest BCUT2D eigenvalue weighted by Gasteiger charge is -2.09. The average Bonchev–Trinajstić information content (AvgIpc) is 2.04. The van der Waals surface area contributed by atoms with E-state index in [1.165, 1.54) is 0 Å². The minimum Gasteiger partial charge on any atom is -0.490 e. The van der Waals surface area contributed by atoms with Gasteiger partial charge in [-0.05, 0) is 25.5 Å². The minimum absolute atomic E-state index is 0.535. The van der Waals surface area contributed by atoms with E-state index >= 15 is 0 Å². The number of hydrogen-bond acceptors (Lipinski definition) is 3. The zero-order valence-electron chi connectivity index (χ0n) is 7.50. The summed E-state index contributed by atoms with van der Waals surface area (Å²) in [6.07, 6.45) is 1.78. The monoisotopic (exact) mass is 166 g/mol. The van der Waals surface area contributed by atoms with Gasteiger partial charge in [0.1, 0.15) is 12.4 Å². The van der Waals surface area contributed by atoms with Crippen molar-refractivity contribution < 1.29 is 4.74 Å². The molecule has 3 nitrogen and oxygen atoms in total. The number of aromatic nitrogens is 1. The number of rotatable bonds is 3. The van der Waals surface area contributed by atoms with Crippen LogP contribution in [0.5, 0.6) is 5.75 Å². The molecule has 66 valence electrons. The Morgan fingerprint density at radius 2 is 2.25 bits per heavy atom. The first-order chi connectivity index (χ1) is 5.75. The second kappa shape index (κ2) is 4.07. The predicted molar refractivity (Wildman–Crippen MR) is 48.3 cm³/mol. The van der Waals surface area contributed by atoms with Crippen LogP contribution in [0.25, 0.3) is 0 Å². The first-order valence-corrected chi connectivity index (χ1v) is 4.00. The van der Waals surface area contributed by atoms with Crippen LogP contribution >= 0.6 is 0 Å². The van der Waals surface area contributed by atoms with E-state index in [1.54, 1.807) is 6.20 Å². The first-order valence-electron chi connectivity index (χ1n) is 4.00. The molecule has 1 rings (SSSR count). The first kappa shape index (κ1) is 9.00. The summed E-state index contributed by atoms with van der Waals surface area (Å²) in [5.74, 6) is 0.864. The highest BCUT2D eigenvalue weighted by Gasteiger charge is 2.02. The van der Waals surface area contributed by atoms with Crippen molar-refractivity contribution in [1.82, 2.24) is 4.98 Å². The van der Waals surface area contributed by atoms with Crippen molar-refractivity contribution in [2.24, 2.45) is 5.73 Å². The van der Waals surface area contributed by atoms with Crippen molar-refractivity contribution in [2.45, 2.75) is 13.8 Å². The van der Waals surface area contributed by atoms with E-state index in [-0.39, 0.29) is 0 Å². The standard InChI is InChI=1S/C9H14N2O/c1-7-3-5-11-8(2)9(7)12-6-4-10/h3,5H,4,6,10H2,1-2H3. The molecule has 0 radical (unpaired) electrons. The number of hydrogen-bond donors (Lipinski definition) is 1. The van der Waals surface area contributed by atoms with Crippen LogP contribution in [0.15, 0.2) is 12.3 Å². The summed E-state index contributed by atoms with van der Waals surface area (Å²) in [5, 5.41) is 0. The van der Waals surface area contributed by atoms with Gasteiger partial charge in [-0.25, -0.2) is 0 Å². The van der Waals surface area contributed by atoms with Gasteiger partial charge < -0.3 is 10.5 Å². The van der Waals surface area contributed by atoms with E-state index in [9.17, 15) is 0 Å². The van der Waals surface area contributed by atoms with Crippen LogP contribution in [0.3, 0.4) is 0 Å². The molecule has 1 aromatic heterocycles. The van der Waals surface area contributed by atoms with Crippen molar-refractivity contribution in [3.63, 3.8) is 0 Å². The number of nitrogens with zero attached hydrogens (tertiary/aromatic N) is 1. The van der Waals surface area contributed by atoms with Gasteiger partial charge in [-0.15, -0.1) is 0 Å². The third-order valence-electron chi connectivity index (χ3n) is 1.64. The van der Waals surface area contributed by atoms with Crippen molar-refractivity contribution in [2.75, 3.05) is 13.2 Å². The zero-order chi connectivity index (χ0) is 8.97. The SMILES string of the molecule is Cc1ccnc(C)c1OCCN. The van der Waals surface area contributed by atoms with Gasteiger partial charge in [0, 0.05) is 12.7 Å². The lowest BCUT2D eigenvalue weighted by molar-refractivity contribution is 0.322. The van der Waals surface area contributed by atoms with Crippen molar-refractivity contribution in [1.29, 1.82) is 0 Å². The maximum Gasteiger partial charge on any atom is 0.143 e. The summed E-state index contributed by atoms with van der Waals surface area (Å²) in [7, 11) is 0. The molecule has 3 heteroatoms. The molecule has 0 saturated carbocycles. The van der Waals surface area contributed by atoms with Crippen LogP contribution in [-0.2, 0) is 0 Å². The highest BCUT2D eigenvalue weighted by molar-refractivity contribution is 5.34. The summed E-state index contributed by atoms with van der Waals surface area (Å²) in [5.41, 5.74) is 7.36. The van der Waals surface area contributed by atoms with Crippen molar-refractivity contribution in [3.05, 3.63) is 23.5 Å². The third-order valence-corrected chi connectivity index (χ3v) is 1.64. The zero-order valence-corrected chi connectivity index (χ0v) is 7.50. The molecule has 0 aliphatic rings. The smallest absolute Gasteiger partial charge is 0.143 e. The summed E-state index contributed by atoms with van der Waals surface area (Å²) >= 11 is 0. The fourth-order valence-electron chi connectivity index (χ4n) is 1.06. The molecule has 2 N–H and O–H groups in total. The Balaban J connectivity index is 2.81. The van der Waals surface area contributed by atoms with Crippen molar-refractivity contribution in [3.8, 4) is 5.75 Å². The van der Waals surface area contributed by atoms with Crippen LogP contribution in [-0.4, -0.2) is 18.1 Å². The van der Waals surface area contributed by atoms with E-state index in [4.69, 9.17) is 10.5 Å². The summed E-state index contributed by atoms with van der Waals surface area (Å²) in [4.78, 5) is 4.13. The Morgan fingerprint density at radius 3 is 2.83 bits per heavy atom. The predicted octanol–water partition coefficient (Wildman–Crippen LogP) is 1.04. The molecule has 0 unspecified atom stereocenters. The second-order valence-electron chi connectivity index (χ2n) is 2.68. The maximum absolute atomic E-state index is 5.43. The molecule has 0 aliphatic carbocycles. The summed E-state index contributed by atoms with van der Waals surface area (Å²) in [6, 6.07) is 1.93. The average molecular weight is 166 g/mol. The highest BCUT2D eigenvalue weighted by Crippen LogP contribution is 2.19. The Bertz CT molecular complexity index is 240. The molecule has 1 aromatic rings. The highest BCUT2D eigenvalue weighted by atomic mass is 16.5. The molecule has 0 saturated heterocycles. The van der Waals surface area contributed by atoms with E-state index in [0.29, 0.717) is 13.2 Å². The number of nitrogens with two attached hydrogens (primary N) is 1. The van der Waals surface area contributed by atoms with E-state index < -0.39 is 0 Å². The van der Waals surface area contributed by atoms with E-state index in [1.807, 2.05) is 19.9 Å². The molecular weight excluding hydrogens is 152 g/mol. The molecule has 0 atom stereocenters. The van der Waals surface area contributed by atoms with Gasteiger partial charge in [-0.2, -0.15) is 0 Å². The van der Waals surface area contributed by atoms with Crippen LogP contribution in [0.2, 0.25) is 0 Å². The van der Waals surface area contributed by atoms with Gasteiger partial charge in [0.15, 0.2) is 0 Å². The summed E-state index contributed by atoms with van der Waals surface area (Å²) in [6.45, 7) is 5.01. The third kappa shape index (κ3) is 1.95. The molecular formula is C9H14N2O. The Hall–Kier alpha value is -1.09. The number of pyridine rings is 1. The number of ether oxygens (including phenoxy) is 1. The fourth-order valence-corrected chi connectivity index (χ4v) is 1.06. The lowest BCUT2D eigenvalue weighted by Crippen LogP contribution is -2.12. The molecule has 0 amide bonds. The van der Waals surface area contributed by atoms with Crippen LogP contribution in [0.4, 0.5) is 0 Å². The van der Waals surface area contributed by atoms with Crippen LogP contribution in [0, 0.1) is 13.8 Å². The topological polar surface area (TPSA) is 48.1 Å². The maximum atomic E-state index is 5.43. The van der Waals surface area contributed by atoms with Crippen molar-refractivity contribution >= 4 is 0 Å². The molecule has 1 heterocycles. The van der Waals surface area contributed by atoms with Gasteiger partial charge >= 0.3 is 0 Å². The quantitative estimate of drug-likeness (QED) is 0.729. The largest absolute Gasteiger partial charge is 0.490 e. The van der Waals surface area contributed by atoms with Gasteiger partial charge in [0.05, 0.1) is 5.69 Å². The molecule has 0 bridgehead atoms. The fraction of sp³-hybridized carbons (Fsp3) is 0.444. The lowest BCUT2D eigenvalue weighted by atomic mass is 10.2. The van der Waals surface area contributed by atoms with Gasteiger partial charge in [0.25, 0.3) is 0 Å². The van der Waals surface area contributed by atoms with Crippen LogP contribution in [0.1, 0.15) is 11.3 Å². The van der Waals surface area contributed by atoms with Gasteiger partial charge in [-0.1, -0.05) is 0 Å². The Labute approximate surface area is 72.6 Å². The Kier molecular flexibility index (Phi) is 3.05. The number of aryl methyl sites for hydroxylation is 2. The van der Waals surface area contributed by atoms with Gasteiger partial charge in [-0.3, -0.25) is 4.98 Å². The summed E-state index contributed by atoms with van der Waals surface area (Å²) < 4.78 is 5.43. The van der Waals surface area contributed by atoms with E-state index in [2.05, 4.69) is 4.98 Å². The molecule has 0 fully saturated rings. The molecule has 0 spiro atoms. The minimum atomic E-state index is 0.535. The molecule has 0 aromatic carbocycles. The molecule has 0 aliphatic heterocycles.